The van der Waals surface area contributed by atoms with Crippen LogP contribution in [-0.2, 0) is 0 Å². The Morgan fingerprint density at radius 2 is 1.71 bits per heavy atom. The summed E-state index contributed by atoms with van der Waals surface area (Å²) in [5.41, 5.74) is 5.77. The van der Waals surface area contributed by atoms with Crippen molar-refractivity contribution in [2.75, 3.05) is 0 Å². The number of hydrogen-bond acceptors (Lipinski definition) is 3. The molecule has 2 aromatic rings. The fourth-order valence-electron chi connectivity index (χ4n) is 2.51. The van der Waals surface area contributed by atoms with Crippen LogP contribution < -0.4 is 0 Å². The van der Waals surface area contributed by atoms with Gasteiger partial charge in [0, 0.05) is 12.8 Å². The second-order valence-electron chi connectivity index (χ2n) is 5.78. The third-order valence-corrected chi connectivity index (χ3v) is 3.95. The van der Waals surface area contributed by atoms with Gasteiger partial charge in [0.25, 0.3) is 0 Å². The number of rotatable bonds is 7. The summed E-state index contributed by atoms with van der Waals surface area (Å²) in [6.07, 6.45) is 2.31. The molecule has 0 saturated heterocycles. The summed E-state index contributed by atoms with van der Waals surface area (Å²) in [7, 11) is 0. The van der Waals surface area contributed by atoms with Crippen LogP contribution in [0.5, 0.6) is 5.75 Å². The first kappa shape index (κ1) is 18.0. The van der Waals surface area contributed by atoms with E-state index in [9.17, 15) is 15.3 Å². The molecule has 0 unspecified atom stereocenters. The van der Waals surface area contributed by atoms with Crippen LogP contribution in [0.15, 0.2) is 72.0 Å². The van der Waals surface area contributed by atoms with Crippen molar-refractivity contribution in [2.24, 2.45) is 0 Å². The molecular formula is C21H24O3. The van der Waals surface area contributed by atoms with E-state index >= 15 is 0 Å². The second kappa shape index (κ2) is 9.09. The number of aliphatic hydroxyl groups is 2. The van der Waals surface area contributed by atoms with Crippen molar-refractivity contribution in [2.45, 2.75) is 38.4 Å². The van der Waals surface area contributed by atoms with E-state index in [0.29, 0.717) is 18.4 Å². The van der Waals surface area contributed by atoms with Gasteiger partial charge in [-0.3, -0.25) is 0 Å². The lowest BCUT2D eigenvalue weighted by atomic mass is 10.00. The molecule has 3 heteroatoms. The van der Waals surface area contributed by atoms with Gasteiger partial charge in [-0.05, 0) is 41.3 Å². The summed E-state index contributed by atoms with van der Waals surface area (Å²) in [6, 6.07) is 16.2. The van der Waals surface area contributed by atoms with Gasteiger partial charge in [-0.2, -0.15) is 0 Å². The van der Waals surface area contributed by atoms with Crippen LogP contribution in [0.2, 0.25) is 0 Å². The average molecular weight is 324 g/mol. The molecule has 0 heterocycles. The minimum absolute atomic E-state index is 0.145. The van der Waals surface area contributed by atoms with E-state index in [-0.39, 0.29) is 5.75 Å². The highest BCUT2D eigenvalue weighted by Gasteiger charge is 2.09. The lowest BCUT2D eigenvalue weighted by Gasteiger charge is -2.11. The largest absolute Gasteiger partial charge is 0.508 e. The number of hydrogen-bond donors (Lipinski definition) is 3. The minimum Gasteiger partial charge on any atom is -0.508 e. The smallest absolute Gasteiger partial charge is 0.115 e. The molecule has 0 aromatic heterocycles. The van der Waals surface area contributed by atoms with Crippen LogP contribution in [0, 0.1) is 0 Å². The molecule has 0 spiro atoms. The van der Waals surface area contributed by atoms with E-state index in [0.717, 1.165) is 17.6 Å². The van der Waals surface area contributed by atoms with Gasteiger partial charge < -0.3 is 15.3 Å². The molecule has 2 rings (SSSR count). The van der Waals surface area contributed by atoms with Gasteiger partial charge in [0.1, 0.15) is 5.75 Å². The zero-order valence-electron chi connectivity index (χ0n) is 13.9. The number of benzene rings is 2. The highest BCUT2D eigenvalue weighted by atomic mass is 16.3. The maximum absolute atomic E-state index is 10.3. The average Bonchev–Trinajstić information content (AvgIpc) is 2.61. The molecule has 0 aliphatic heterocycles. The topological polar surface area (TPSA) is 60.7 Å². The first-order valence-corrected chi connectivity index (χ1v) is 8.23. The Morgan fingerprint density at radius 1 is 1.00 bits per heavy atom. The summed E-state index contributed by atoms with van der Waals surface area (Å²) in [4.78, 5) is 0. The summed E-state index contributed by atoms with van der Waals surface area (Å²) in [6.45, 7) is 2.03. The van der Waals surface area contributed by atoms with Crippen molar-refractivity contribution in [3.8, 4) is 5.75 Å². The lowest BCUT2D eigenvalue weighted by Crippen LogP contribution is -1.98. The first-order chi connectivity index (χ1) is 11.6. The maximum Gasteiger partial charge on any atom is 0.115 e. The number of phenols is 1. The molecule has 3 N–H and O–H groups in total. The Morgan fingerprint density at radius 3 is 2.38 bits per heavy atom. The predicted octanol–water partition coefficient (Wildman–Crippen LogP) is 4.43. The van der Waals surface area contributed by atoms with E-state index in [1.165, 1.54) is 0 Å². The van der Waals surface area contributed by atoms with E-state index < -0.39 is 12.2 Å². The van der Waals surface area contributed by atoms with E-state index in [2.05, 4.69) is 5.73 Å². The molecule has 0 bridgehead atoms. The van der Waals surface area contributed by atoms with E-state index in [1.54, 1.807) is 30.3 Å². The van der Waals surface area contributed by atoms with Gasteiger partial charge in [0.15, 0.2) is 0 Å². The molecule has 0 radical (unpaired) electrons. The molecular weight excluding hydrogens is 300 g/mol. The monoisotopic (exact) mass is 324 g/mol. The van der Waals surface area contributed by atoms with Crippen LogP contribution in [0.1, 0.15) is 49.5 Å². The zero-order chi connectivity index (χ0) is 17.4. The molecule has 3 nitrogen and oxygen atoms in total. The molecule has 0 aliphatic carbocycles. The molecule has 0 fully saturated rings. The Bertz CT molecular complexity index is 700. The third kappa shape index (κ3) is 5.39. The van der Waals surface area contributed by atoms with Gasteiger partial charge in [0.2, 0.25) is 0 Å². The van der Waals surface area contributed by atoms with Crippen molar-refractivity contribution < 1.29 is 15.3 Å². The standard InChI is InChI=1S/C21H24O3/c1-2-16(14-21(24)17-9-4-3-5-10-17)8-6-13-20(23)18-11-7-12-19(22)15-18/h3-7,9-12,15,20-24H,2,13-14H2,1H3/t8?,20-,21-/m1/s1. The van der Waals surface area contributed by atoms with Crippen molar-refractivity contribution in [1.82, 2.24) is 0 Å². The molecule has 0 amide bonds. The van der Waals surface area contributed by atoms with Crippen LogP contribution in [0.4, 0.5) is 0 Å². The maximum atomic E-state index is 10.3. The van der Waals surface area contributed by atoms with Gasteiger partial charge >= 0.3 is 0 Å². The summed E-state index contributed by atoms with van der Waals surface area (Å²) in [5.74, 6) is 0.145. The highest BCUT2D eigenvalue weighted by molar-refractivity contribution is 5.29. The van der Waals surface area contributed by atoms with E-state index in [1.807, 2.05) is 37.3 Å². The normalized spacial score (nSPS) is 13.0. The third-order valence-electron chi connectivity index (χ3n) is 3.95. The predicted molar refractivity (Wildman–Crippen MR) is 95.6 cm³/mol. The van der Waals surface area contributed by atoms with Crippen LogP contribution in [-0.4, -0.2) is 15.3 Å². The SMILES string of the molecule is CCC(=C=CC[C@@H](O)c1cccc(O)c1)C[C@@H](O)c1ccccc1. The lowest BCUT2D eigenvalue weighted by molar-refractivity contribution is 0.177. The quantitative estimate of drug-likeness (QED) is 0.660. The molecule has 2 aromatic carbocycles. The van der Waals surface area contributed by atoms with Crippen molar-refractivity contribution in [3.63, 3.8) is 0 Å². The number of phenolic OH excluding ortho intramolecular Hbond substituents is 1. The fourth-order valence-corrected chi connectivity index (χ4v) is 2.51. The second-order valence-corrected chi connectivity index (χ2v) is 5.78. The van der Waals surface area contributed by atoms with Crippen molar-refractivity contribution in [3.05, 3.63) is 83.1 Å². The Balaban J connectivity index is 2.00. The van der Waals surface area contributed by atoms with Gasteiger partial charge in [-0.1, -0.05) is 49.4 Å². The first-order valence-electron chi connectivity index (χ1n) is 8.23. The van der Waals surface area contributed by atoms with Gasteiger partial charge in [0.05, 0.1) is 12.2 Å². The molecule has 2 atom stereocenters. The summed E-state index contributed by atoms with van der Waals surface area (Å²) >= 11 is 0. The summed E-state index contributed by atoms with van der Waals surface area (Å²) in [5, 5.41) is 29.9. The fraction of sp³-hybridized carbons (Fsp3) is 0.286. The van der Waals surface area contributed by atoms with Crippen LogP contribution in [0.3, 0.4) is 0 Å². The van der Waals surface area contributed by atoms with Gasteiger partial charge in [-0.15, -0.1) is 5.73 Å². The highest BCUT2D eigenvalue weighted by Crippen LogP contribution is 2.23. The van der Waals surface area contributed by atoms with Crippen molar-refractivity contribution in [1.29, 1.82) is 0 Å². The Labute approximate surface area is 143 Å². The van der Waals surface area contributed by atoms with E-state index in [4.69, 9.17) is 0 Å². The van der Waals surface area contributed by atoms with Gasteiger partial charge in [-0.25, -0.2) is 0 Å². The zero-order valence-corrected chi connectivity index (χ0v) is 13.9. The Hall–Kier alpha value is -2.32. The molecule has 0 saturated carbocycles. The van der Waals surface area contributed by atoms with Crippen LogP contribution in [0.25, 0.3) is 0 Å². The number of aromatic hydroxyl groups is 1. The molecule has 0 aliphatic rings. The van der Waals surface area contributed by atoms with Crippen molar-refractivity contribution >= 4 is 0 Å². The summed E-state index contributed by atoms with van der Waals surface area (Å²) < 4.78 is 0. The van der Waals surface area contributed by atoms with Crippen LogP contribution >= 0.6 is 0 Å². The molecule has 24 heavy (non-hydrogen) atoms. The molecule has 126 valence electrons. The minimum atomic E-state index is -0.679. The number of aliphatic hydroxyl groups excluding tert-OH is 2. The Kier molecular flexibility index (Phi) is 6.83.